The molecule has 2 heterocycles. The second-order valence-electron chi connectivity index (χ2n) is 6.27. The van der Waals surface area contributed by atoms with Crippen molar-refractivity contribution in [1.29, 1.82) is 0 Å². The zero-order chi connectivity index (χ0) is 16.5. The van der Waals surface area contributed by atoms with Gasteiger partial charge in [-0.25, -0.2) is 4.98 Å². The highest BCUT2D eigenvalue weighted by Crippen LogP contribution is 2.22. The number of rotatable bonds is 4. The fraction of sp³-hybridized carbons (Fsp3) is 0.263. The van der Waals surface area contributed by atoms with E-state index in [2.05, 4.69) is 32.3 Å². The van der Waals surface area contributed by atoms with Crippen molar-refractivity contribution in [3.63, 3.8) is 0 Å². The molecule has 4 rings (SSSR count). The number of nitrogens with one attached hydrogen (secondary N) is 2. The van der Waals surface area contributed by atoms with Gasteiger partial charge in [-0.05, 0) is 37.3 Å². The lowest BCUT2D eigenvalue weighted by Crippen LogP contribution is -2.48. The van der Waals surface area contributed by atoms with Gasteiger partial charge in [0.05, 0.1) is 11.0 Å². The summed E-state index contributed by atoms with van der Waals surface area (Å²) in [6, 6.07) is 15.9. The van der Waals surface area contributed by atoms with Gasteiger partial charge in [-0.2, -0.15) is 0 Å². The van der Waals surface area contributed by atoms with Gasteiger partial charge in [-0.15, -0.1) is 24.8 Å². The van der Waals surface area contributed by atoms with Crippen molar-refractivity contribution in [2.75, 3.05) is 19.6 Å². The Morgan fingerprint density at radius 2 is 1.92 bits per heavy atom. The van der Waals surface area contributed by atoms with Gasteiger partial charge < -0.3 is 10.6 Å². The van der Waals surface area contributed by atoms with Crippen LogP contribution in [0.15, 0.2) is 48.5 Å². The van der Waals surface area contributed by atoms with E-state index in [0.717, 1.165) is 42.2 Å². The highest BCUT2D eigenvalue weighted by Gasteiger charge is 2.18. The van der Waals surface area contributed by atoms with Crippen molar-refractivity contribution in [3.05, 3.63) is 59.9 Å². The maximum Gasteiger partial charge on any atom is 0.251 e. The summed E-state index contributed by atoms with van der Waals surface area (Å²) in [4.78, 5) is 17.0. The number of benzene rings is 2. The zero-order valence-electron chi connectivity index (χ0n) is 14.4. The Hall–Kier alpha value is -2.08. The van der Waals surface area contributed by atoms with Gasteiger partial charge in [-0.3, -0.25) is 9.36 Å². The van der Waals surface area contributed by atoms with Crippen molar-refractivity contribution in [2.45, 2.75) is 6.92 Å². The predicted octanol–water partition coefficient (Wildman–Crippen LogP) is 3.13. The summed E-state index contributed by atoms with van der Waals surface area (Å²) in [6.07, 6.45) is 0. The zero-order valence-corrected chi connectivity index (χ0v) is 16.1. The van der Waals surface area contributed by atoms with Crippen molar-refractivity contribution in [1.82, 2.24) is 20.2 Å². The minimum atomic E-state index is -0.0317. The van der Waals surface area contributed by atoms with E-state index in [-0.39, 0.29) is 30.7 Å². The molecule has 1 aliphatic heterocycles. The van der Waals surface area contributed by atoms with Crippen LogP contribution in [0.25, 0.3) is 16.7 Å². The van der Waals surface area contributed by atoms with Crippen LogP contribution in [0.2, 0.25) is 0 Å². The summed E-state index contributed by atoms with van der Waals surface area (Å²) >= 11 is 0. The number of fused-ring (bicyclic) bond motifs is 1. The molecule has 0 spiro atoms. The van der Waals surface area contributed by atoms with E-state index in [1.54, 1.807) is 0 Å². The van der Waals surface area contributed by atoms with Crippen molar-refractivity contribution < 1.29 is 4.79 Å². The van der Waals surface area contributed by atoms with Crippen LogP contribution >= 0.6 is 24.8 Å². The Morgan fingerprint density at radius 3 is 2.58 bits per heavy atom. The molecule has 1 fully saturated rings. The third-order valence-corrected chi connectivity index (χ3v) is 4.52. The van der Waals surface area contributed by atoms with Gasteiger partial charge in [0.2, 0.25) is 0 Å². The SMILES string of the molecule is Cc1nc2cc(C(=O)NCC3CNC3)ccc2n1-c1ccccc1.Cl.Cl. The van der Waals surface area contributed by atoms with Crippen LogP contribution in [-0.4, -0.2) is 35.1 Å². The van der Waals surface area contributed by atoms with Gasteiger partial charge >= 0.3 is 0 Å². The molecular weight excluding hydrogens is 371 g/mol. The van der Waals surface area contributed by atoms with E-state index in [1.165, 1.54) is 0 Å². The third-order valence-electron chi connectivity index (χ3n) is 4.52. The van der Waals surface area contributed by atoms with Crippen LogP contribution in [0, 0.1) is 12.8 Å². The Bertz CT molecular complexity index is 891. The molecule has 3 aromatic rings. The van der Waals surface area contributed by atoms with Crippen molar-refractivity contribution >= 4 is 41.8 Å². The van der Waals surface area contributed by atoms with Crippen LogP contribution in [0.5, 0.6) is 0 Å². The second kappa shape index (κ2) is 8.54. The molecule has 0 atom stereocenters. The standard InChI is InChI=1S/C19H20N4O.2ClH/c1-13-22-17-9-15(19(24)21-12-14-10-20-11-14)7-8-18(17)23(13)16-5-3-2-4-6-16;;/h2-9,14,20H,10-12H2,1H3,(H,21,24);2*1H. The Kier molecular flexibility index (Phi) is 6.64. The second-order valence-corrected chi connectivity index (χ2v) is 6.27. The van der Waals surface area contributed by atoms with Crippen LogP contribution in [0.4, 0.5) is 0 Å². The predicted molar refractivity (Wildman–Crippen MR) is 109 cm³/mol. The minimum Gasteiger partial charge on any atom is -0.352 e. The minimum absolute atomic E-state index is 0. The van der Waals surface area contributed by atoms with Crippen LogP contribution in [0.3, 0.4) is 0 Å². The molecule has 2 aromatic carbocycles. The number of hydrogen-bond donors (Lipinski definition) is 2. The first-order valence-electron chi connectivity index (χ1n) is 8.26. The number of amides is 1. The van der Waals surface area contributed by atoms with E-state index in [4.69, 9.17) is 0 Å². The normalized spacial score (nSPS) is 13.4. The van der Waals surface area contributed by atoms with Crippen LogP contribution in [0.1, 0.15) is 16.2 Å². The van der Waals surface area contributed by atoms with E-state index >= 15 is 0 Å². The van der Waals surface area contributed by atoms with E-state index in [9.17, 15) is 4.79 Å². The summed E-state index contributed by atoms with van der Waals surface area (Å²) in [5, 5.41) is 6.21. The van der Waals surface area contributed by atoms with Gasteiger partial charge in [0.1, 0.15) is 5.82 Å². The molecule has 1 aliphatic rings. The topological polar surface area (TPSA) is 59.0 Å². The summed E-state index contributed by atoms with van der Waals surface area (Å²) in [7, 11) is 0. The van der Waals surface area contributed by atoms with Crippen molar-refractivity contribution in [3.8, 4) is 5.69 Å². The Balaban J connectivity index is 0.00000121. The number of carbonyl (C=O) groups excluding carboxylic acids is 1. The first-order valence-corrected chi connectivity index (χ1v) is 8.26. The molecule has 2 N–H and O–H groups in total. The third kappa shape index (κ3) is 3.85. The summed E-state index contributed by atoms with van der Waals surface area (Å²) < 4.78 is 2.11. The molecule has 0 aliphatic carbocycles. The van der Waals surface area contributed by atoms with E-state index < -0.39 is 0 Å². The number of aryl methyl sites for hydroxylation is 1. The summed E-state index contributed by atoms with van der Waals surface area (Å²) in [5.74, 6) is 1.43. The molecule has 7 heteroatoms. The monoisotopic (exact) mass is 392 g/mol. The lowest BCUT2D eigenvalue weighted by molar-refractivity contribution is 0.0942. The smallest absolute Gasteiger partial charge is 0.251 e. The fourth-order valence-electron chi connectivity index (χ4n) is 3.08. The Labute approximate surface area is 165 Å². The quantitative estimate of drug-likeness (QED) is 0.716. The van der Waals surface area contributed by atoms with E-state index in [0.29, 0.717) is 11.5 Å². The number of imidazole rings is 1. The number of halogens is 2. The maximum atomic E-state index is 12.3. The van der Waals surface area contributed by atoms with E-state index in [1.807, 2.05) is 43.3 Å². The fourth-order valence-corrected chi connectivity index (χ4v) is 3.08. The molecule has 0 bridgehead atoms. The maximum absolute atomic E-state index is 12.3. The molecule has 0 unspecified atom stereocenters. The average Bonchev–Trinajstić information content (AvgIpc) is 2.89. The Morgan fingerprint density at radius 1 is 1.19 bits per heavy atom. The lowest BCUT2D eigenvalue weighted by atomic mass is 10.0. The highest BCUT2D eigenvalue weighted by atomic mass is 35.5. The number of carbonyl (C=O) groups is 1. The van der Waals surface area contributed by atoms with Crippen molar-refractivity contribution in [2.24, 2.45) is 5.92 Å². The molecule has 0 saturated carbocycles. The largest absolute Gasteiger partial charge is 0.352 e. The van der Waals surface area contributed by atoms with Gasteiger partial charge in [0.25, 0.3) is 5.91 Å². The number of aromatic nitrogens is 2. The molecule has 1 saturated heterocycles. The lowest BCUT2D eigenvalue weighted by Gasteiger charge is -2.27. The van der Waals surface area contributed by atoms with Gasteiger partial charge in [0.15, 0.2) is 0 Å². The molecular formula is C19H22Cl2N4O. The van der Waals surface area contributed by atoms with Crippen LogP contribution < -0.4 is 10.6 Å². The summed E-state index contributed by atoms with van der Waals surface area (Å²) in [5.41, 5.74) is 3.59. The first-order chi connectivity index (χ1) is 11.7. The first kappa shape index (κ1) is 20.2. The highest BCUT2D eigenvalue weighted by molar-refractivity contribution is 5.97. The van der Waals surface area contributed by atoms with Gasteiger partial charge in [0, 0.05) is 36.8 Å². The number of hydrogen-bond acceptors (Lipinski definition) is 3. The molecule has 0 radical (unpaired) electrons. The molecule has 26 heavy (non-hydrogen) atoms. The number of para-hydroxylation sites is 1. The number of nitrogens with zero attached hydrogens (tertiary/aromatic N) is 2. The van der Waals surface area contributed by atoms with Crippen LogP contribution in [-0.2, 0) is 0 Å². The average molecular weight is 393 g/mol. The molecule has 1 aromatic heterocycles. The molecule has 1 amide bonds. The summed E-state index contributed by atoms with van der Waals surface area (Å²) in [6.45, 7) is 4.68. The molecule has 138 valence electrons. The van der Waals surface area contributed by atoms with Gasteiger partial charge in [-0.1, -0.05) is 18.2 Å². The molecule has 5 nitrogen and oxygen atoms in total.